The Morgan fingerprint density at radius 1 is 1.38 bits per heavy atom. The van der Waals surface area contributed by atoms with Crippen LogP contribution in [-0.2, 0) is 6.42 Å². The molecule has 0 aromatic heterocycles. The third-order valence-electron chi connectivity index (χ3n) is 2.08. The van der Waals surface area contributed by atoms with Crippen LogP contribution in [0.1, 0.15) is 19.4 Å². The van der Waals surface area contributed by atoms with E-state index in [2.05, 4.69) is 15.9 Å². The van der Waals surface area contributed by atoms with E-state index in [0.29, 0.717) is 6.54 Å². The molecule has 0 aliphatic rings. The van der Waals surface area contributed by atoms with Crippen LogP contribution in [0.5, 0.6) is 11.5 Å². The SMILES string of the molecule is COc1cc(CCN)cc(Br)c1OC(C)C. The standard InChI is InChI=1S/C12H18BrNO2/c1-8(2)16-12-10(13)6-9(4-5-14)7-11(12)15-3/h6-8H,4-5,14H2,1-3H3. The molecule has 0 heterocycles. The predicted octanol–water partition coefficient (Wildman–Crippen LogP) is 2.75. The van der Waals surface area contributed by atoms with Crippen molar-refractivity contribution >= 4 is 15.9 Å². The minimum Gasteiger partial charge on any atom is -0.493 e. The maximum Gasteiger partial charge on any atom is 0.175 e. The van der Waals surface area contributed by atoms with Crippen LogP contribution >= 0.6 is 15.9 Å². The van der Waals surface area contributed by atoms with Gasteiger partial charge in [0.2, 0.25) is 0 Å². The predicted molar refractivity (Wildman–Crippen MR) is 69.2 cm³/mol. The molecule has 2 N–H and O–H groups in total. The van der Waals surface area contributed by atoms with E-state index in [1.54, 1.807) is 7.11 Å². The molecule has 0 aliphatic heterocycles. The third kappa shape index (κ3) is 3.39. The van der Waals surface area contributed by atoms with Crippen LogP contribution in [0.3, 0.4) is 0 Å². The number of ether oxygens (including phenoxy) is 2. The van der Waals surface area contributed by atoms with Crippen molar-refractivity contribution < 1.29 is 9.47 Å². The number of nitrogens with two attached hydrogens (primary N) is 1. The van der Waals surface area contributed by atoms with Crippen molar-refractivity contribution in [3.63, 3.8) is 0 Å². The number of halogens is 1. The molecular weight excluding hydrogens is 270 g/mol. The highest BCUT2D eigenvalue weighted by molar-refractivity contribution is 9.10. The second-order valence-electron chi connectivity index (χ2n) is 3.81. The molecule has 3 nitrogen and oxygen atoms in total. The fourth-order valence-corrected chi connectivity index (χ4v) is 2.02. The van der Waals surface area contributed by atoms with E-state index >= 15 is 0 Å². The van der Waals surface area contributed by atoms with Gasteiger partial charge >= 0.3 is 0 Å². The zero-order valence-electron chi connectivity index (χ0n) is 9.92. The monoisotopic (exact) mass is 287 g/mol. The molecule has 0 radical (unpaired) electrons. The number of benzene rings is 1. The lowest BCUT2D eigenvalue weighted by Crippen LogP contribution is -2.08. The van der Waals surface area contributed by atoms with Crippen LogP contribution in [0.2, 0.25) is 0 Å². The molecule has 0 atom stereocenters. The molecule has 90 valence electrons. The summed E-state index contributed by atoms with van der Waals surface area (Å²) in [4.78, 5) is 0. The normalized spacial score (nSPS) is 10.6. The van der Waals surface area contributed by atoms with Gasteiger partial charge in [0.15, 0.2) is 11.5 Å². The molecule has 1 aromatic carbocycles. The first kappa shape index (κ1) is 13.3. The zero-order chi connectivity index (χ0) is 12.1. The highest BCUT2D eigenvalue weighted by atomic mass is 79.9. The van der Waals surface area contributed by atoms with E-state index in [1.165, 1.54) is 0 Å². The van der Waals surface area contributed by atoms with Crippen molar-refractivity contribution in [3.05, 3.63) is 22.2 Å². The fourth-order valence-electron chi connectivity index (χ4n) is 1.43. The molecule has 1 rings (SSSR count). The quantitative estimate of drug-likeness (QED) is 0.906. The topological polar surface area (TPSA) is 44.5 Å². The summed E-state index contributed by atoms with van der Waals surface area (Å²) in [6.45, 7) is 4.60. The first-order valence-electron chi connectivity index (χ1n) is 5.31. The van der Waals surface area contributed by atoms with Crippen molar-refractivity contribution in [2.75, 3.05) is 13.7 Å². The first-order chi connectivity index (χ1) is 7.58. The van der Waals surface area contributed by atoms with Gasteiger partial charge in [0.1, 0.15) is 0 Å². The van der Waals surface area contributed by atoms with Gasteiger partial charge in [-0.05, 0) is 60.4 Å². The van der Waals surface area contributed by atoms with Gasteiger partial charge in [0.05, 0.1) is 17.7 Å². The molecule has 0 aliphatic carbocycles. The molecule has 0 unspecified atom stereocenters. The van der Waals surface area contributed by atoms with Crippen LogP contribution in [0.25, 0.3) is 0 Å². The molecule has 0 amide bonds. The van der Waals surface area contributed by atoms with Crippen LogP contribution in [0, 0.1) is 0 Å². The Labute approximate surface area is 105 Å². The largest absolute Gasteiger partial charge is 0.493 e. The summed E-state index contributed by atoms with van der Waals surface area (Å²) < 4.78 is 11.9. The third-order valence-corrected chi connectivity index (χ3v) is 2.66. The van der Waals surface area contributed by atoms with Gasteiger partial charge in [0, 0.05) is 0 Å². The molecule has 16 heavy (non-hydrogen) atoms. The van der Waals surface area contributed by atoms with Gasteiger partial charge in [-0.3, -0.25) is 0 Å². The van der Waals surface area contributed by atoms with Crippen molar-refractivity contribution in [3.8, 4) is 11.5 Å². The minimum absolute atomic E-state index is 0.116. The lowest BCUT2D eigenvalue weighted by Gasteiger charge is -2.16. The Kier molecular flexibility index (Phi) is 5.09. The number of hydrogen-bond acceptors (Lipinski definition) is 3. The molecule has 4 heteroatoms. The summed E-state index contributed by atoms with van der Waals surface area (Å²) in [5.74, 6) is 1.49. The van der Waals surface area contributed by atoms with E-state index in [1.807, 2.05) is 26.0 Å². The molecule has 0 saturated heterocycles. The number of rotatable bonds is 5. The Bertz CT molecular complexity index is 353. The second kappa shape index (κ2) is 6.11. The van der Waals surface area contributed by atoms with Gasteiger partial charge in [-0.2, -0.15) is 0 Å². The van der Waals surface area contributed by atoms with E-state index < -0.39 is 0 Å². The maximum absolute atomic E-state index is 5.70. The molecule has 0 saturated carbocycles. The summed E-state index contributed by atoms with van der Waals surface area (Å²) in [6.07, 6.45) is 0.947. The van der Waals surface area contributed by atoms with Crippen molar-refractivity contribution in [2.45, 2.75) is 26.4 Å². The summed E-state index contributed by atoms with van der Waals surface area (Å²) in [5.41, 5.74) is 6.67. The molecule has 1 aromatic rings. The minimum atomic E-state index is 0.116. The molecule has 0 bridgehead atoms. The second-order valence-corrected chi connectivity index (χ2v) is 4.67. The van der Waals surface area contributed by atoms with Crippen LogP contribution in [-0.4, -0.2) is 19.8 Å². The summed E-state index contributed by atoms with van der Waals surface area (Å²) in [5, 5.41) is 0. The number of hydrogen-bond donors (Lipinski definition) is 1. The van der Waals surface area contributed by atoms with E-state index in [-0.39, 0.29) is 6.10 Å². The maximum atomic E-state index is 5.70. The highest BCUT2D eigenvalue weighted by Crippen LogP contribution is 2.37. The fraction of sp³-hybridized carbons (Fsp3) is 0.500. The van der Waals surface area contributed by atoms with Gasteiger partial charge in [-0.25, -0.2) is 0 Å². The van der Waals surface area contributed by atoms with Gasteiger partial charge in [0.25, 0.3) is 0 Å². The van der Waals surface area contributed by atoms with E-state index in [0.717, 1.165) is 28.0 Å². The highest BCUT2D eigenvalue weighted by Gasteiger charge is 2.12. The number of methoxy groups -OCH3 is 1. The Balaban J connectivity index is 3.07. The van der Waals surface area contributed by atoms with Crippen LogP contribution in [0.15, 0.2) is 16.6 Å². The van der Waals surface area contributed by atoms with Gasteiger partial charge < -0.3 is 15.2 Å². The smallest absolute Gasteiger partial charge is 0.175 e. The lowest BCUT2D eigenvalue weighted by molar-refractivity contribution is 0.228. The average molecular weight is 288 g/mol. The van der Waals surface area contributed by atoms with Crippen molar-refractivity contribution in [1.29, 1.82) is 0 Å². The Morgan fingerprint density at radius 3 is 2.56 bits per heavy atom. The first-order valence-corrected chi connectivity index (χ1v) is 6.11. The van der Waals surface area contributed by atoms with Gasteiger partial charge in [-0.15, -0.1) is 0 Å². The van der Waals surface area contributed by atoms with Crippen molar-refractivity contribution in [1.82, 2.24) is 0 Å². The van der Waals surface area contributed by atoms with Gasteiger partial charge in [-0.1, -0.05) is 0 Å². The Hall–Kier alpha value is -0.740. The van der Waals surface area contributed by atoms with Crippen LogP contribution < -0.4 is 15.2 Å². The van der Waals surface area contributed by atoms with Crippen molar-refractivity contribution in [2.24, 2.45) is 5.73 Å². The zero-order valence-corrected chi connectivity index (χ0v) is 11.5. The molecular formula is C12H18BrNO2. The van der Waals surface area contributed by atoms with E-state index in [9.17, 15) is 0 Å². The summed E-state index contributed by atoms with van der Waals surface area (Å²) in [6, 6.07) is 3.99. The van der Waals surface area contributed by atoms with E-state index in [4.69, 9.17) is 15.2 Å². The summed E-state index contributed by atoms with van der Waals surface area (Å²) >= 11 is 3.49. The average Bonchev–Trinajstić information content (AvgIpc) is 2.21. The molecule has 0 spiro atoms. The van der Waals surface area contributed by atoms with Crippen LogP contribution in [0.4, 0.5) is 0 Å². The summed E-state index contributed by atoms with van der Waals surface area (Å²) in [7, 11) is 1.64. The Morgan fingerprint density at radius 2 is 2.06 bits per heavy atom. The molecule has 0 fully saturated rings. The lowest BCUT2D eigenvalue weighted by atomic mass is 10.1.